The SMILES string of the molecule is Cc1nc(CC(=O)NCC2COc3ccccc3O2)cs1. The first kappa shape index (κ1) is 13.9. The highest BCUT2D eigenvalue weighted by Gasteiger charge is 2.21. The zero-order valence-electron chi connectivity index (χ0n) is 11.7. The summed E-state index contributed by atoms with van der Waals surface area (Å²) < 4.78 is 11.4. The van der Waals surface area contributed by atoms with Gasteiger partial charge in [-0.15, -0.1) is 11.3 Å². The molecule has 1 aromatic carbocycles. The van der Waals surface area contributed by atoms with E-state index in [2.05, 4.69) is 10.3 Å². The average molecular weight is 304 g/mol. The van der Waals surface area contributed by atoms with Crippen LogP contribution in [0.5, 0.6) is 11.5 Å². The first-order valence-corrected chi connectivity index (χ1v) is 7.65. The molecule has 2 heterocycles. The summed E-state index contributed by atoms with van der Waals surface area (Å²) >= 11 is 1.55. The standard InChI is InChI=1S/C15H16N2O3S/c1-10-17-11(9-21-10)6-15(18)16-7-12-8-19-13-4-2-3-5-14(13)20-12/h2-5,9,12H,6-8H2,1H3,(H,16,18). The third-order valence-corrected chi connectivity index (χ3v) is 3.92. The van der Waals surface area contributed by atoms with Gasteiger partial charge in [0.2, 0.25) is 5.91 Å². The van der Waals surface area contributed by atoms with Gasteiger partial charge in [0.15, 0.2) is 11.5 Å². The molecule has 1 atom stereocenters. The van der Waals surface area contributed by atoms with E-state index in [0.29, 0.717) is 19.6 Å². The predicted molar refractivity (Wildman–Crippen MR) is 79.9 cm³/mol. The van der Waals surface area contributed by atoms with Crippen molar-refractivity contribution in [3.63, 3.8) is 0 Å². The Morgan fingerprint density at radius 3 is 3.00 bits per heavy atom. The van der Waals surface area contributed by atoms with E-state index in [9.17, 15) is 4.79 Å². The Morgan fingerprint density at radius 2 is 2.24 bits per heavy atom. The van der Waals surface area contributed by atoms with Crippen LogP contribution in [0.15, 0.2) is 29.6 Å². The topological polar surface area (TPSA) is 60.5 Å². The van der Waals surface area contributed by atoms with Crippen LogP contribution < -0.4 is 14.8 Å². The van der Waals surface area contributed by atoms with E-state index in [1.165, 1.54) is 0 Å². The number of nitrogens with one attached hydrogen (secondary N) is 1. The zero-order chi connectivity index (χ0) is 14.7. The maximum absolute atomic E-state index is 11.9. The zero-order valence-corrected chi connectivity index (χ0v) is 12.5. The van der Waals surface area contributed by atoms with Gasteiger partial charge in [0, 0.05) is 5.38 Å². The van der Waals surface area contributed by atoms with Crippen LogP contribution in [0.2, 0.25) is 0 Å². The number of ether oxygens (including phenoxy) is 2. The van der Waals surface area contributed by atoms with Crippen molar-refractivity contribution in [1.82, 2.24) is 10.3 Å². The number of para-hydroxylation sites is 2. The van der Waals surface area contributed by atoms with Gasteiger partial charge in [-0.2, -0.15) is 0 Å². The van der Waals surface area contributed by atoms with Crippen molar-refractivity contribution in [3.8, 4) is 11.5 Å². The minimum absolute atomic E-state index is 0.0530. The summed E-state index contributed by atoms with van der Waals surface area (Å²) in [5.74, 6) is 1.42. The van der Waals surface area contributed by atoms with Gasteiger partial charge in [0.25, 0.3) is 0 Å². The van der Waals surface area contributed by atoms with E-state index in [1.54, 1.807) is 11.3 Å². The van der Waals surface area contributed by atoms with Crippen LogP contribution in [0.4, 0.5) is 0 Å². The molecule has 1 aliphatic heterocycles. The number of hydrogen-bond donors (Lipinski definition) is 1. The van der Waals surface area contributed by atoms with Gasteiger partial charge in [-0.25, -0.2) is 4.98 Å². The summed E-state index contributed by atoms with van der Waals surface area (Å²) in [6.45, 7) is 2.79. The summed E-state index contributed by atoms with van der Waals surface area (Å²) in [5, 5.41) is 5.74. The van der Waals surface area contributed by atoms with Crippen LogP contribution in [0.3, 0.4) is 0 Å². The van der Waals surface area contributed by atoms with Crippen molar-refractivity contribution < 1.29 is 14.3 Å². The van der Waals surface area contributed by atoms with Crippen molar-refractivity contribution in [2.45, 2.75) is 19.4 Å². The van der Waals surface area contributed by atoms with Crippen LogP contribution in [-0.2, 0) is 11.2 Å². The number of amides is 1. The second kappa shape index (κ2) is 6.13. The van der Waals surface area contributed by atoms with Gasteiger partial charge < -0.3 is 14.8 Å². The molecule has 2 aromatic rings. The fourth-order valence-electron chi connectivity index (χ4n) is 2.11. The Labute approximate surface area is 126 Å². The summed E-state index contributed by atoms with van der Waals surface area (Å²) in [6.07, 6.45) is 0.134. The molecule has 0 spiro atoms. The molecule has 110 valence electrons. The molecule has 1 amide bonds. The molecular formula is C15H16N2O3S. The average Bonchev–Trinajstić information content (AvgIpc) is 2.90. The van der Waals surface area contributed by atoms with Crippen molar-refractivity contribution in [2.24, 2.45) is 0 Å². The molecule has 0 bridgehead atoms. The molecule has 1 N–H and O–H groups in total. The summed E-state index contributed by atoms with van der Waals surface area (Å²) in [4.78, 5) is 16.1. The Bertz CT molecular complexity index is 641. The van der Waals surface area contributed by atoms with Gasteiger partial charge in [-0.05, 0) is 19.1 Å². The maximum Gasteiger partial charge on any atom is 0.226 e. The number of nitrogens with zero attached hydrogens (tertiary/aromatic N) is 1. The Balaban J connectivity index is 1.49. The molecule has 0 saturated heterocycles. The molecular weight excluding hydrogens is 288 g/mol. The first-order valence-electron chi connectivity index (χ1n) is 6.77. The number of carbonyl (C=O) groups is 1. The lowest BCUT2D eigenvalue weighted by atomic mass is 10.2. The Kier molecular flexibility index (Phi) is 4.06. The lowest BCUT2D eigenvalue weighted by Gasteiger charge is -2.26. The molecule has 5 nitrogen and oxygen atoms in total. The van der Waals surface area contributed by atoms with Crippen molar-refractivity contribution in [1.29, 1.82) is 0 Å². The fraction of sp³-hybridized carbons (Fsp3) is 0.333. The second-order valence-electron chi connectivity index (χ2n) is 4.84. The molecule has 0 aliphatic carbocycles. The van der Waals surface area contributed by atoms with Gasteiger partial charge in [0.1, 0.15) is 12.7 Å². The smallest absolute Gasteiger partial charge is 0.226 e. The van der Waals surface area contributed by atoms with E-state index in [1.807, 2.05) is 36.6 Å². The third-order valence-electron chi connectivity index (χ3n) is 3.10. The predicted octanol–water partition coefficient (Wildman–Crippen LogP) is 1.95. The second-order valence-corrected chi connectivity index (χ2v) is 5.90. The van der Waals surface area contributed by atoms with E-state index >= 15 is 0 Å². The molecule has 3 rings (SSSR count). The minimum Gasteiger partial charge on any atom is -0.486 e. The number of benzene rings is 1. The monoisotopic (exact) mass is 304 g/mol. The van der Waals surface area contributed by atoms with E-state index in [-0.39, 0.29) is 12.0 Å². The molecule has 21 heavy (non-hydrogen) atoms. The highest BCUT2D eigenvalue weighted by Crippen LogP contribution is 2.30. The summed E-state index contributed by atoms with van der Waals surface area (Å²) in [6, 6.07) is 7.53. The molecule has 1 aromatic heterocycles. The molecule has 1 unspecified atom stereocenters. The number of hydrogen-bond acceptors (Lipinski definition) is 5. The van der Waals surface area contributed by atoms with Crippen LogP contribution >= 0.6 is 11.3 Å². The molecule has 0 saturated carbocycles. The lowest BCUT2D eigenvalue weighted by Crippen LogP contribution is -2.41. The van der Waals surface area contributed by atoms with E-state index < -0.39 is 0 Å². The quantitative estimate of drug-likeness (QED) is 0.938. The highest BCUT2D eigenvalue weighted by molar-refractivity contribution is 7.09. The van der Waals surface area contributed by atoms with Crippen LogP contribution in [0.25, 0.3) is 0 Å². The highest BCUT2D eigenvalue weighted by atomic mass is 32.1. The van der Waals surface area contributed by atoms with Crippen LogP contribution in [0.1, 0.15) is 10.7 Å². The third kappa shape index (κ3) is 3.52. The van der Waals surface area contributed by atoms with Crippen molar-refractivity contribution in [2.75, 3.05) is 13.2 Å². The number of thiazole rings is 1. The van der Waals surface area contributed by atoms with Gasteiger partial charge in [-0.1, -0.05) is 12.1 Å². The molecule has 1 aliphatic rings. The van der Waals surface area contributed by atoms with Gasteiger partial charge in [0.05, 0.1) is 23.7 Å². The fourth-order valence-corrected chi connectivity index (χ4v) is 2.72. The maximum atomic E-state index is 11.9. The number of fused-ring (bicyclic) bond motifs is 1. The lowest BCUT2D eigenvalue weighted by molar-refractivity contribution is -0.121. The summed E-state index contributed by atoms with van der Waals surface area (Å²) in [5.41, 5.74) is 0.807. The van der Waals surface area contributed by atoms with E-state index in [0.717, 1.165) is 22.2 Å². The molecule has 0 fully saturated rings. The van der Waals surface area contributed by atoms with Crippen LogP contribution in [-0.4, -0.2) is 30.1 Å². The minimum atomic E-state index is -0.166. The van der Waals surface area contributed by atoms with E-state index in [4.69, 9.17) is 9.47 Å². The van der Waals surface area contributed by atoms with Gasteiger partial charge >= 0.3 is 0 Å². The number of carbonyl (C=O) groups excluding carboxylic acids is 1. The number of aromatic nitrogens is 1. The molecule has 6 heteroatoms. The first-order chi connectivity index (χ1) is 10.2. The summed E-state index contributed by atoms with van der Waals surface area (Å²) in [7, 11) is 0. The number of rotatable bonds is 4. The van der Waals surface area contributed by atoms with Crippen molar-refractivity contribution >= 4 is 17.2 Å². The van der Waals surface area contributed by atoms with Crippen molar-refractivity contribution in [3.05, 3.63) is 40.3 Å². The Hall–Kier alpha value is -2.08. The normalized spacial score (nSPS) is 16.5. The largest absolute Gasteiger partial charge is 0.486 e. The van der Waals surface area contributed by atoms with Gasteiger partial charge in [-0.3, -0.25) is 4.79 Å². The van der Waals surface area contributed by atoms with Crippen LogP contribution in [0, 0.1) is 6.92 Å². The number of aryl methyl sites for hydroxylation is 1. The Morgan fingerprint density at radius 1 is 1.43 bits per heavy atom. The molecule has 0 radical (unpaired) electrons.